The number of hydrogen-bond donors (Lipinski definition) is 0. The first-order chi connectivity index (χ1) is 12.9. The van der Waals surface area contributed by atoms with E-state index in [1.54, 1.807) is 4.90 Å². The molecule has 0 N–H and O–H groups in total. The summed E-state index contributed by atoms with van der Waals surface area (Å²) in [6.45, 7) is 5.25. The van der Waals surface area contributed by atoms with Crippen LogP contribution >= 0.6 is 0 Å². The largest absolute Gasteiger partial charge is 0.313 e. The molecule has 0 atom stereocenters. The molecule has 1 aliphatic rings. The maximum absolute atomic E-state index is 12.8. The van der Waals surface area contributed by atoms with Gasteiger partial charge in [0.1, 0.15) is 0 Å². The van der Waals surface area contributed by atoms with Crippen LogP contribution < -0.4 is 4.90 Å². The summed E-state index contributed by atoms with van der Waals surface area (Å²) in [7, 11) is -3.47. The van der Waals surface area contributed by atoms with Crippen LogP contribution in [0.5, 0.6) is 0 Å². The third-order valence-electron chi connectivity index (χ3n) is 4.99. The number of benzene rings is 2. The van der Waals surface area contributed by atoms with Crippen LogP contribution in [0.15, 0.2) is 48.5 Å². The first-order valence-electron chi connectivity index (χ1n) is 9.32. The number of fused-ring (bicyclic) bond motifs is 1. The standard InChI is InChI=1S/C21H26N2O3S/c1-3-23(20-10-6-7-17(2)15-20)21(24)12-14-27(25,26)22-13-11-18-8-4-5-9-19(18)16-22/h4-10,15H,3,11-14,16H2,1-2H3. The van der Waals surface area contributed by atoms with Gasteiger partial charge in [-0.05, 0) is 49.1 Å². The molecule has 1 amide bonds. The summed E-state index contributed by atoms with van der Waals surface area (Å²) >= 11 is 0. The molecule has 3 rings (SSSR count). The molecule has 0 unspecified atom stereocenters. The van der Waals surface area contributed by atoms with Crippen molar-refractivity contribution in [3.05, 3.63) is 65.2 Å². The Hall–Kier alpha value is -2.18. The zero-order chi connectivity index (χ0) is 19.4. The Morgan fingerprint density at radius 3 is 2.56 bits per heavy atom. The first-order valence-corrected chi connectivity index (χ1v) is 10.9. The summed E-state index contributed by atoms with van der Waals surface area (Å²) in [5.74, 6) is -0.319. The number of carbonyl (C=O) groups excluding carboxylic acids is 1. The minimum absolute atomic E-state index is 0.0116. The minimum atomic E-state index is -3.47. The molecule has 6 heteroatoms. The average molecular weight is 387 g/mol. The van der Waals surface area contributed by atoms with Crippen molar-refractivity contribution >= 4 is 21.6 Å². The number of amides is 1. The van der Waals surface area contributed by atoms with Gasteiger partial charge in [0, 0.05) is 31.7 Å². The molecule has 1 aliphatic heterocycles. The molecule has 0 spiro atoms. The molecule has 0 saturated carbocycles. The van der Waals surface area contributed by atoms with E-state index in [0.29, 0.717) is 26.1 Å². The van der Waals surface area contributed by atoms with Crippen LogP contribution in [0.2, 0.25) is 0 Å². The molecule has 5 nitrogen and oxygen atoms in total. The Labute approximate surface area is 161 Å². The van der Waals surface area contributed by atoms with Crippen molar-refractivity contribution in [2.24, 2.45) is 0 Å². The SMILES string of the molecule is CCN(C(=O)CCS(=O)(=O)N1CCc2ccccc2C1)c1cccc(C)c1. The third kappa shape index (κ3) is 4.57. The third-order valence-corrected chi connectivity index (χ3v) is 6.81. The lowest BCUT2D eigenvalue weighted by atomic mass is 10.0. The van der Waals surface area contributed by atoms with Gasteiger partial charge >= 0.3 is 0 Å². The van der Waals surface area contributed by atoms with E-state index in [1.165, 1.54) is 9.87 Å². The van der Waals surface area contributed by atoms with Crippen molar-refractivity contribution in [1.82, 2.24) is 4.31 Å². The Morgan fingerprint density at radius 1 is 1.11 bits per heavy atom. The fourth-order valence-corrected chi connectivity index (χ4v) is 4.88. The maximum Gasteiger partial charge on any atom is 0.228 e. The van der Waals surface area contributed by atoms with Gasteiger partial charge in [-0.3, -0.25) is 4.79 Å². The zero-order valence-electron chi connectivity index (χ0n) is 15.9. The zero-order valence-corrected chi connectivity index (χ0v) is 16.7. The second-order valence-corrected chi connectivity index (χ2v) is 8.98. The molecule has 144 valence electrons. The van der Waals surface area contributed by atoms with Gasteiger partial charge in [0.15, 0.2) is 0 Å². The van der Waals surface area contributed by atoms with Crippen LogP contribution in [-0.4, -0.2) is 37.5 Å². The highest BCUT2D eigenvalue weighted by molar-refractivity contribution is 7.89. The number of rotatable bonds is 6. The summed E-state index contributed by atoms with van der Waals surface area (Å²) in [6, 6.07) is 15.6. The predicted molar refractivity (Wildman–Crippen MR) is 108 cm³/mol. The monoisotopic (exact) mass is 386 g/mol. The highest BCUT2D eigenvalue weighted by atomic mass is 32.2. The Bertz CT molecular complexity index is 925. The van der Waals surface area contributed by atoms with Crippen molar-refractivity contribution in [3.63, 3.8) is 0 Å². The molecule has 0 saturated heterocycles. The van der Waals surface area contributed by atoms with Crippen LogP contribution in [0.3, 0.4) is 0 Å². The fraction of sp³-hybridized carbons (Fsp3) is 0.381. The fourth-order valence-electron chi connectivity index (χ4n) is 3.49. The summed E-state index contributed by atoms with van der Waals surface area (Å²) < 4.78 is 27.0. The lowest BCUT2D eigenvalue weighted by Crippen LogP contribution is -2.39. The van der Waals surface area contributed by atoms with E-state index in [4.69, 9.17) is 0 Å². The molecule has 0 fully saturated rings. The van der Waals surface area contributed by atoms with E-state index >= 15 is 0 Å². The van der Waals surface area contributed by atoms with Gasteiger partial charge < -0.3 is 4.90 Å². The van der Waals surface area contributed by atoms with E-state index in [-0.39, 0.29) is 18.1 Å². The van der Waals surface area contributed by atoms with Crippen molar-refractivity contribution in [2.45, 2.75) is 33.2 Å². The number of nitrogens with zero attached hydrogens (tertiary/aromatic N) is 2. The van der Waals surface area contributed by atoms with Crippen molar-refractivity contribution in [3.8, 4) is 0 Å². The van der Waals surface area contributed by atoms with E-state index in [1.807, 2.05) is 62.4 Å². The number of carbonyl (C=O) groups is 1. The van der Waals surface area contributed by atoms with Crippen LogP contribution in [0.4, 0.5) is 5.69 Å². The molecule has 2 aromatic carbocycles. The van der Waals surface area contributed by atoms with E-state index in [0.717, 1.165) is 16.8 Å². The van der Waals surface area contributed by atoms with Gasteiger partial charge in [0.2, 0.25) is 15.9 Å². The Morgan fingerprint density at radius 2 is 1.85 bits per heavy atom. The van der Waals surface area contributed by atoms with Gasteiger partial charge in [-0.2, -0.15) is 4.31 Å². The first kappa shape index (κ1) is 19.6. The van der Waals surface area contributed by atoms with Crippen molar-refractivity contribution in [2.75, 3.05) is 23.7 Å². The van der Waals surface area contributed by atoms with Gasteiger partial charge in [-0.15, -0.1) is 0 Å². The lowest BCUT2D eigenvalue weighted by molar-refractivity contribution is -0.118. The molecule has 0 bridgehead atoms. The van der Waals surface area contributed by atoms with Gasteiger partial charge in [0.05, 0.1) is 5.75 Å². The molecule has 2 aromatic rings. The normalized spacial score (nSPS) is 14.6. The summed E-state index contributed by atoms with van der Waals surface area (Å²) in [5.41, 5.74) is 4.13. The second-order valence-electron chi connectivity index (χ2n) is 6.90. The highest BCUT2D eigenvalue weighted by Crippen LogP contribution is 2.22. The molecule has 0 aliphatic carbocycles. The predicted octanol–water partition coefficient (Wildman–Crippen LogP) is 3.13. The van der Waals surface area contributed by atoms with Crippen molar-refractivity contribution < 1.29 is 13.2 Å². The molecule has 0 radical (unpaired) electrons. The topological polar surface area (TPSA) is 57.7 Å². The number of aryl methyl sites for hydroxylation is 1. The Kier molecular flexibility index (Phi) is 5.97. The molecule has 1 heterocycles. The molecule has 0 aromatic heterocycles. The molecular weight excluding hydrogens is 360 g/mol. The minimum Gasteiger partial charge on any atom is -0.313 e. The van der Waals surface area contributed by atoms with Gasteiger partial charge in [-0.25, -0.2) is 8.42 Å². The quantitative estimate of drug-likeness (QED) is 0.766. The molecular formula is C21H26N2O3S. The summed E-state index contributed by atoms with van der Waals surface area (Å²) in [4.78, 5) is 14.3. The maximum atomic E-state index is 12.8. The van der Waals surface area contributed by atoms with E-state index < -0.39 is 10.0 Å². The summed E-state index contributed by atoms with van der Waals surface area (Å²) in [6.07, 6.45) is 0.704. The van der Waals surface area contributed by atoms with E-state index in [9.17, 15) is 13.2 Å². The van der Waals surface area contributed by atoms with Gasteiger partial charge in [0.25, 0.3) is 0 Å². The van der Waals surface area contributed by atoms with Crippen LogP contribution in [-0.2, 0) is 27.8 Å². The van der Waals surface area contributed by atoms with Crippen molar-refractivity contribution in [1.29, 1.82) is 0 Å². The van der Waals surface area contributed by atoms with Crippen LogP contribution in [0.1, 0.15) is 30.0 Å². The second kappa shape index (κ2) is 8.23. The van der Waals surface area contributed by atoms with Gasteiger partial charge in [-0.1, -0.05) is 36.4 Å². The smallest absolute Gasteiger partial charge is 0.228 e. The average Bonchev–Trinajstić information content (AvgIpc) is 2.67. The number of hydrogen-bond acceptors (Lipinski definition) is 3. The van der Waals surface area contributed by atoms with Crippen LogP contribution in [0.25, 0.3) is 0 Å². The summed E-state index contributed by atoms with van der Waals surface area (Å²) in [5, 5.41) is 0. The van der Waals surface area contributed by atoms with Crippen LogP contribution in [0, 0.1) is 6.92 Å². The number of sulfonamides is 1. The Balaban J connectivity index is 1.65. The lowest BCUT2D eigenvalue weighted by Gasteiger charge is -2.28. The van der Waals surface area contributed by atoms with E-state index in [2.05, 4.69) is 0 Å². The highest BCUT2D eigenvalue weighted by Gasteiger charge is 2.27. The number of anilines is 1. The molecule has 27 heavy (non-hydrogen) atoms.